The molecule has 0 saturated heterocycles. The number of nitrogens with one attached hydrogen (secondary N) is 1. The lowest BCUT2D eigenvalue weighted by Gasteiger charge is -2.18. The molecule has 0 aliphatic carbocycles. The molecular formula is C14H15BrFN3. The minimum Gasteiger partial charge on any atom is -0.305 e. The molecule has 0 fully saturated rings. The molecule has 1 N–H and O–H groups in total. The lowest BCUT2D eigenvalue weighted by Crippen LogP contribution is -2.24. The summed E-state index contributed by atoms with van der Waals surface area (Å²) in [5.74, 6) is -0.273. The average Bonchev–Trinajstić information content (AvgIpc) is 2.44. The summed E-state index contributed by atoms with van der Waals surface area (Å²) in [6, 6.07) is 4.97. The summed E-state index contributed by atoms with van der Waals surface area (Å²) in [6.45, 7) is 2.92. The van der Waals surface area contributed by atoms with Crippen molar-refractivity contribution >= 4 is 15.9 Å². The van der Waals surface area contributed by atoms with Gasteiger partial charge in [0, 0.05) is 12.4 Å². The van der Waals surface area contributed by atoms with E-state index in [2.05, 4.69) is 38.1 Å². The molecule has 1 aromatic heterocycles. The Hall–Kier alpha value is -1.33. The van der Waals surface area contributed by atoms with Gasteiger partial charge in [0.05, 0.1) is 22.4 Å². The Morgan fingerprint density at radius 3 is 2.84 bits per heavy atom. The van der Waals surface area contributed by atoms with Crippen molar-refractivity contribution in [3.63, 3.8) is 0 Å². The maximum absolute atomic E-state index is 13.7. The standard InChI is InChI=1S/C14H15BrFN3/c1-2-5-19-14(13-9-17-6-7-18-13)10-3-4-11(15)12(16)8-10/h3-4,6-9,14,19H,2,5H2,1H3. The molecule has 0 spiro atoms. The number of rotatable bonds is 5. The molecule has 0 aliphatic rings. The summed E-state index contributed by atoms with van der Waals surface area (Å²) in [4.78, 5) is 8.37. The first-order chi connectivity index (χ1) is 9.22. The Labute approximate surface area is 120 Å². The number of aromatic nitrogens is 2. The van der Waals surface area contributed by atoms with E-state index < -0.39 is 0 Å². The molecule has 100 valence electrons. The first-order valence-electron chi connectivity index (χ1n) is 6.16. The van der Waals surface area contributed by atoms with Crippen molar-refractivity contribution in [1.29, 1.82) is 0 Å². The van der Waals surface area contributed by atoms with E-state index in [0.29, 0.717) is 4.47 Å². The molecule has 0 aliphatic heterocycles. The van der Waals surface area contributed by atoms with E-state index in [-0.39, 0.29) is 11.9 Å². The van der Waals surface area contributed by atoms with Gasteiger partial charge in [-0.05, 0) is 46.6 Å². The summed E-state index contributed by atoms with van der Waals surface area (Å²) in [5, 5.41) is 3.36. The van der Waals surface area contributed by atoms with Crippen LogP contribution in [0, 0.1) is 5.82 Å². The zero-order valence-electron chi connectivity index (χ0n) is 10.6. The van der Waals surface area contributed by atoms with Crippen LogP contribution in [0.3, 0.4) is 0 Å². The minimum atomic E-state index is -0.273. The summed E-state index contributed by atoms with van der Waals surface area (Å²) in [6.07, 6.45) is 5.97. The molecule has 0 radical (unpaired) electrons. The third kappa shape index (κ3) is 3.58. The van der Waals surface area contributed by atoms with Crippen molar-refractivity contribution in [3.8, 4) is 0 Å². The van der Waals surface area contributed by atoms with Gasteiger partial charge in [0.2, 0.25) is 0 Å². The average molecular weight is 324 g/mol. The van der Waals surface area contributed by atoms with E-state index in [1.807, 2.05) is 6.07 Å². The van der Waals surface area contributed by atoms with Crippen molar-refractivity contribution in [2.45, 2.75) is 19.4 Å². The zero-order chi connectivity index (χ0) is 13.7. The second kappa shape index (κ2) is 6.73. The Morgan fingerprint density at radius 1 is 1.37 bits per heavy atom. The van der Waals surface area contributed by atoms with Crippen molar-refractivity contribution in [1.82, 2.24) is 15.3 Å². The first kappa shape index (κ1) is 14.1. The van der Waals surface area contributed by atoms with E-state index in [9.17, 15) is 4.39 Å². The number of halogens is 2. The quantitative estimate of drug-likeness (QED) is 0.915. The third-order valence-electron chi connectivity index (χ3n) is 2.75. The second-order valence-corrected chi connectivity index (χ2v) is 5.05. The summed E-state index contributed by atoms with van der Waals surface area (Å²) >= 11 is 3.16. The smallest absolute Gasteiger partial charge is 0.137 e. The van der Waals surface area contributed by atoms with Crippen molar-refractivity contribution in [2.75, 3.05) is 6.54 Å². The maximum Gasteiger partial charge on any atom is 0.137 e. The summed E-state index contributed by atoms with van der Waals surface area (Å²) in [5.41, 5.74) is 1.63. The van der Waals surface area contributed by atoms with Gasteiger partial charge in [-0.3, -0.25) is 9.97 Å². The fourth-order valence-electron chi connectivity index (χ4n) is 1.83. The van der Waals surface area contributed by atoms with E-state index in [1.54, 1.807) is 24.7 Å². The molecule has 19 heavy (non-hydrogen) atoms. The number of hydrogen-bond donors (Lipinski definition) is 1. The highest BCUT2D eigenvalue weighted by Gasteiger charge is 2.16. The zero-order valence-corrected chi connectivity index (χ0v) is 12.2. The van der Waals surface area contributed by atoms with Crippen LogP contribution < -0.4 is 5.32 Å². The van der Waals surface area contributed by atoms with Gasteiger partial charge < -0.3 is 5.32 Å². The van der Waals surface area contributed by atoms with Gasteiger partial charge in [-0.1, -0.05) is 13.0 Å². The van der Waals surface area contributed by atoms with Crippen LogP contribution in [0.25, 0.3) is 0 Å². The van der Waals surface area contributed by atoms with Gasteiger partial charge in [-0.2, -0.15) is 0 Å². The molecule has 0 amide bonds. The second-order valence-electron chi connectivity index (χ2n) is 4.19. The predicted molar refractivity (Wildman–Crippen MR) is 76.3 cm³/mol. The van der Waals surface area contributed by atoms with E-state index in [1.165, 1.54) is 6.07 Å². The Bertz CT molecular complexity index is 533. The van der Waals surface area contributed by atoms with Gasteiger partial charge in [0.1, 0.15) is 5.82 Å². The van der Waals surface area contributed by atoms with Crippen molar-refractivity contribution in [3.05, 3.63) is 58.3 Å². The third-order valence-corrected chi connectivity index (χ3v) is 3.40. The number of hydrogen-bond acceptors (Lipinski definition) is 3. The van der Waals surface area contributed by atoms with E-state index in [4.69, 9.17) is 0 Å². The molecule has 0 saturated carbocycles. The van der Waals surface area contributed by atoms with Crippen molar-refractivity contribution < 1.29 is 4.39 Å². The highest BCUT2D eigenvalue weighted by molar-refractivity contribution is 9.10. The predicted octanol–water partition coefficient (Wildman–Crippen LogP) is 3.47. The molecule has 3 nitrogen and oxygen atoms in total. The molecule has 2 aromatic rings. The van der Waals surface area contributed by atoms with Gasteiger partial charge in [-0.25, -0.2) is 4.39 Å². The molecule has 5 heteroatoms. The van der Waals surface area contributed by atoms with Gasteiger partial charge in [0.15, 0.2) is 0 Å². The van der Waals surface area contributed by atoms with Gasteiger partial charge in [-0.15, -0.1) is 0 Å². The molecule has 1 heterocycles. The maximum atomic E-state index is 13.7. The number of nitrogens with zero attached hydrogens (tertiary/aromatic N) is 2. The SMILES string of the molecule is CCCNC(c1ccc(Br)c(F)c1)c1cnccn1. The van der Waals surface area contributed by atoms with Crippen LogP contribution in [0.15, 0.2) is 41.3 Å². The number of benzene rings is 1. The molecule has 1 aromatic carbocycles. The largest absolute Gasteiger partial charge is 0.305 e. The molecule has 1 atom stereocenters. The highest BCUT2D eigenvalue weighted by atomic mass is 79.9. The lowest BCUT2D eigenvalue weighted by molar-refractivity contribution is 0.573. The Kier molecular flexibility index (Phi) is 4.99. The van der Waals surface area contributed by atoms with Crippen LogP contribution in [0.5, 0.6) is 0 Å². The molecule has 0 bridgehead atoms. The Balaban J connectivity index is 2.34. The van der Waals surface area contributed by atoms with Crippen LogP contribution >= 0.6 is 15.9 Å². The van der Waals surface area contributed by atoms with Gasteiger partial charge >= 0.3 is 0 Å². The van der Waals surface area contributed by atoms with Crippen LogP contribution in [0.4, 0.5) is 4.39 Å². The van der Waals surface area contributed by atoms with Crippen molar-refractivity contribution in [2.24, 2.45) is 0 Å². The molecule has 2 rings (SSSR count). The molecular weight excluding hydrogens is 309 g/mol. The lowest BCUT2D eigenvalue weighted by atomic mass is 10.0. The van der Waals surface area contributed by atoms with Crippen LogP contribution in [-0.2, 0) is 0 Å². The van der Waals surface area contributed by atoms with Gasteiger partial charge in [0.25, 0.3) is 0 Å². The fourth-order valence-corrected chi connectivity index (χ4v) is 2.08. The van der Waals surface area contributed by atoms with Crippen LogP contribution in [0.1, 0.15) is 30.6 Å². The van der Waals surface area contributed by atoms with Crippen LogP contribution in [-0.4, -0.2) is 16.5 Å². The van der Waals surface area contributed by atoms with E-state index in [0.717, 1.165) is 24.2 Å². The highest BCUT2D eigenvalue weighted by Crippen LogP contribution is 2.24. The summed E-state index contributed by atoms with van der Waals surface area (Å²) in [7, 11) is 0. The normalized spacial score (nSPS) is 12.4. The first-order valence-corrected chi connectivity index (χ1v) is 6.96. The fraction of sp³-hybridized carbons (Fsp3) is 0.286. The topological polar surface area (TPSA) is 37.8 Å². The minimum absolute atomic E-state index is 0.142. The Morgan fingerprint density at radius 2 is 2.21 bits per heavy atom. The molecule has 1 unspecified atom stereocenters. The van der Waals surface area contributed by atoms with E-state index >= 15 is 0 Å². The monoisotopic (exact) mass is 323 g/mol. The van der Waals surface area contributed by atoms with Crippen LogP contribution in [0.2, 0.25) is 0 Å². The summed E-state index contributed by atoms with van der Waals surface area (Å²) < 4.78 is 14.1.